The fourth-order valence-corrected chi connectivity index (χ4v) is 0.0962. The van der Waals surface area contributed by atoms with Crippen LogP contribution in [0, 0.1) is 0 Å². The van der Waals surface area contributed by atoms with Gasteiger partial charge < -0.3 is 14.9 Å². The Morgan fingerprint density at radius 2 is 2.10 bits per heavy atom. The highest BCUT2D eigenvalue weighted by Gasteiger charge is 1.85. The molecule has 1 unspecified atom stereocenters. The first-order valence-electron chi connectivity index (χ1n) is 2.57. The van der Waals surface area contributed by atoms with Crippen molar-refractivity contribution in [2.45, 2.75) is 13.2 Å². The molecule has 0 radical (unpaired) electrons. The van der Waals surface area contributed by atoms with Gasteiger partial charge in [0.15, 0.2) is 6.29 Å². The summed E-state index contributed by atoms with van der Waals surface area (Å²) in [5.74, 6) is -0.833. The Balaban J connectivity index is 0. The minimum atomic E-state index is -0.833. The number of hydrogen-bond acceptors (Lipinski definition) is 3. The van der Waals surface area contributed by atoms with Gasteiger partial charge in [-0.25, -0.2) is 0 Å². The summed E-state index contributed by atoms with van der Waals surface area (Å²) in [6, 6.07) is 0. The zero-order chi connectivity index (χ0) is 8.57. The molecule has 0 heterocycles. The number of aliphatic carboxylic acids is 1. The summed E-state index contributed by atoms with van der Waals surface area (Å²) < 4.78 is 4.34. The highest BCUT2D eigenvalue weighted by atomic mass is 16.6. The predicted molar refractivity (Wildman–Crippen MR) is 36.5 cm³/mol. The molecule has 1 atom stereocenters. The second kappa shape index (κ2) is 8.13. The molecular weight excluding hydrogens is 136 g/mol. The molecule has 0 fully saturated rings. The molecule has 0 aliphatic carbocycles. The van der Waals surface area contributed by atoms with Crippen LogP contribution in [-0.4, -0.2) is 29.6 Å². The summed E-state index contributed by atoms with van der Waals surface area (Å²) in [5.41, 5.74) is 0. The molecule has 0 rings (SSSR count). The van der Waals surface area contributed by atoms with Crippen molar-refractivity contribution in [3.8, 4) is 0 Å². The molecule has 0 spiro atoms. The van der Waals surface area contributed by atoms with E-state index in [1.165, 1.54) is 13.2 Å². The largest absolute Gasteiger partial charge is 0.481 e. The summed E-state index contributed by atoms with van der Waals surface area (Å²) in [4.78, 5) is 9.00. The van der Waals surface area contributed by atoms with E-state index < -0.39 is 12.3 Å². The molecule has 10 heavy (non-hydrogen) atoms. The van der Waals surface area contributed by atoms with Crippen molar-refractivity contribution in [3.05, 3.63) is 12.7 Å². The van der Waals surface area contributed by atoms with Crippen molar-refractivity contribution >= 4 is 5.97 Å². The lowest BCUT2D eigenvalue weighted by Crippen LogP contribution is -2.02. The second-order valence-corrected chi connectivity index (χ2v) is 1.38. The van der Waals surface area contributed by atoms with Gasteiger partial charge in [-0.1, -0.05) is 6.58 Å². The Bertz CT molecular complexity index is 95.9. The average Bonchev–Trinajstić information content (AvgIpc) is 1.85. The standard InChI is InChI=1S/C4H8O2.C2H4O2/c1-3-4(5)6-2;1-2(3)4/h3-5H,1H2,2H3;1H3,(H,3,4). The summed E-state index contributed by atoms with van der Waals surface area (Å²) in [6.07, 6.45) is 0.505. The minimum absolute atomic E-state index is 0.801. The van der Waals surface area contributed by atoms with E-state index in [2.05, 4.69) is 11.3 Å². The quantitative estimate of drug-likeness (QED) is 0.434. The van der Waals surface area contributed by atoms with Gasteiger partial charge in [0.2, 0.25) is 0 Å². The first-order chi connectivity index (χ1) is 4.54. The third-order valence-corrected chi connectivity index (χ3v) is 0.443. The first-order valence-corrected chi connectivity index (χ1v) is 2.57. The third kappa shape index (κ3) is 27.3. The highest BCUT2D eigenvalue weighted by Crippen LogP contribution is 1.78. The lowest BCUT2D eigenvalue weighted by molar-refractivity contribution is -0.134. The smallest absolute Gasteiger partial charge is 0.300 e. The molecule has 0 saturated heterocycles. The van der Waals surface area contributed by atoms with Gasteiger partial charge >= 0.3 is 0 Å². The predicted octanol–water partition coefficient (Wildman–Crippen LogP) is 0.228. The van der Waals surface area contributed by atoms with Crippen LogP contribution in [0.25, 0.3) is 0 Å². The number of methoxy groups -OCH3 is 1. The van der Waals surface area contributed by atoms with Crippen molar-refractivity contribution in [1.29, 1.82) is 0 Å². The van der Waals surface area contributed by atoms with Crippen molar-refractivity contribution in [2.24, 2.45) is 0 Å². The number of hydrogen-bond donors (Lipinski definition) is 2. The molecule has 0 amide bonds. The molecule has 60 valence electrons. The van der Waals surface area contributed by atoms with Crippen LogP contribution in [0.5, 0.6) is 0 Å². The summed E-state index contributed by atoms with van der Waals surface area (Å²) in [7, 11) is 1.41. The van der Waals surface area contributed by atoms with Crippen LogP contribution < -0.4 is 0 Å². The molecule has 0 bridgehead atoms. The van der Waals surface area contributed by atoms with Crippen molar-refractivity contribution < 1.29 is 19.7 Å². The lowest BCUT2D eigenvalue weighted by atomic mass is 10.6. The zero-order valence-electron chi connectivity index (χ0n) is 6.07. The van der Waals surface area contributed by atoms with E-state index >= 15 is 0 Å². The maximum absolute atomic E-state index is 9.00. The Kier molecular flexibility index (Phi) is 9.65. The van der Waals surface area contributed by atoms with Gasteiger partial charge in [0.05, 0.1) is 0 Å². The van der Waals surface area contributed by atoms with E-state index in [9.17, 15) is 0 Å². The lowest BCUT2D eigenvalue weighted by Gasteiger charge is -1.96. The SMILES string of the molecule is C=CC(O)OC.CC(=O)O. The molecule has 0 aromatic carbocycles. The number of carboxylic acid groups (broad SMARTS) is 1. The Hall–Kier alpha value is -0.870. The van der Waals surface area contributed by atoms with Crippen LogP contribution in [0.4, 0.5) is 0 Å². The number of aliphatic hydroxyl groups is 1. The van der Waals surface area contributed by atoms with Gasteiger partial charge in [0.25, 0.3) is 5.97 Å². The summed E-state index contributed by atoms with van der Waals surface area (Å²) in [5, 5.41) is 15.7. The van der Waals surface area contributed by atoms with Gasteiger partial charge in [0, 0.05) is 14.0 Å². The summed E-state index contributed by atoms with van der Waals surface area (Å²) >= 11 is 0. The molecule has 0 saturated carbocycles. The van der Waals surface area contributed by atoms with Crippen molar-refractivity contribution in [3.63, 3.8) is 0 Å². The number of rotatable bonds is 2. The fourth-order valence-electron chi connectivity index (χ4n) is 0.0962. The number of carbonyl (C=O) groups is 1. The van der Waals surface area contributed by atoms with Gasteiger partial charge in [0.1, 0.15) is 0 Å². The van der Waals surface area contributed by atoms with Gasteiger partial charge in [-0.2, -0.15) is 0 Å². The molecule has 0 aliphatic rings. The topological polar surface area (TPSA) is 66.8 Å². The average molecular weight is 148 g/mol. The molecule has 0 aliphatic heterocycles. The maximum atomic E-state index is 9.00. The van der Waals surface area contributed by atoms with Crippen LogP contribution >= 0.6 is 0 Å². The molecular formula is C6H12O4. The third-order valence-electron chi connectivity index (χ3n) is 0.443. The normalized spacial score (nSPS) is 10.7. The number of aliphatic hydroxyl groups excluding tert-OH is 1. The van der Waals surface area contributed by atoms with E-state index in [0.717, 1.165) is 6.92 Å². The van der Waals surface area contributed by atoms with Crippen LogP contribution in [0.1, 0.15) is 6.92 Å². The Morgan fingerprint density at radius 3 is 2.10 bits per heavy atom. The van der Waals surface area contributed by atoms with E-state index in [1.807, 2.05) is 0 Å². The van der Waals surface area contributed by atoms with Crippen LogP contribution in [0.3, 0.4) is 0 Å². The van der Waals surface area contributed by atoms with E-state index in [0.29, 0.717) is 0 Å². The van der Waals surface area contributed by atoms with Gasteiger partial charge in [-0.3, -0.25) is 4.79 Å². The Labute approximate surface area is 59.7 Å². The summed E-state index contributed by atoms with van der Waals surface area (Å²) in [6.45, 7) is 4.34. The van der Waals surface area contributed by atoms with Crippen molar-refractivity contribution in [2.75, 3.05) is 7.11 Å². The van der Waals surface area contributed by atoms with Gasteiger partial charge in [-0.05, 0) is 6.08 Å². The van der Waals surface area contributed by atoms with Crippen molar-refractivity contribution in [1.82, 2.24) is 0 Å². The van der Waals surface area contributed by atoms with E-state index in [-0.39, 0.29) is 0 Å². The van der Waals surface area contributed by atoms with Crippen LogP contribution in [0.15, 0.2) is 12.7 Å². The molecule has 0 aromatic rings. The molecule has 0 aromatic heterocycles. The second-order valence-electron chi connectivity index (χ2n) is 1.38. The monoisotopic (exact) mass is 148 g/mol. The van der Waals surface area contributed by atoms with E-state index in [4.69, 9.17) is 15.0 Å². The molecule has 2 N–H and O–H groups in total. The first kappa shape index (κ1) is 11.9. The fraction of sp³-hybridized carbons (Fsp3) is 0.500. The van der Waals surface area contributed by atoms with Crippen LogP contribution in [-0.2, 0) is 9.53 Å². The number of ether oxygens (including phenoxy) is 1. The zero-order valence-corrected chi connectivity index (χ0v) is 6.07. The van der Waals surface area contributed by atoms with E-state index in [1.54, 1.807) is 0 Å². The van der Waals surface area contributed by atoms with Crippen LogP contribution in [0.2, 0.25) is 0 Å². The number of carboxylic acids is 1. The van der Waals surface area contributed by atoms with Gasteiger partial charge in [-0.15, -0.1) is 0 Å². The minimum Gasteiger partial charge on any atom is -0.481 e. The molecule has 4 heteroatoms. The Morgan fingerprint density at radius 1 is 1.80 bits per heavy atom. The highest BCUT2D eigenvalue weighted by molar-refractivity contribution is 5.62. The maximum Gasteiger partial charge on any atom is 0.300 e. The molecule has 4 nitrogen and oxygen atoms in total.